The molecule has 0 spiro atoms. The van der Waals surface area contributed by atoms with Gasteiger partial charge in [-0.05, 0) is 40.0 Å². The molecule has 0 saturated heterocycles. The lowest BCUT2D eigenvalue weighted by Gasteiger charge is -2.27. The average Bonchev–Trinajstić information content (AvgIpc) is 2.76. The number of aliphatic hydroxyl groups excluding tert-OH is 1. The van der Waals surface area contributed by atoms with Crippen LogP contribution in [0, 0.1) is 0 Å². The smallest absolute Gasteiger partial charge is 0.128 e. The maximum atomic E-state index is 11.2. The van der Waals surface area contributed by atoms with E-state index in [0.717, 1.165) is 22.3 Å². The number of phenolic OH excluding ortho intramolecular Hbond substituents is 1. The van der Waals surface area contributed by atoms with Crippen LogP contribution >= 0.6 is 0 Å². The zero-order valence-corrected chi connectivity index (χ0v) is 20.7. The van der Waals surface area contributed by atoms with Crippen LogP contribution in [-0.2, 0) is 17.3 Å². The van der Waals surface area contributed by atoms with Crippen molar-refractivity contribution in [3.63, 3.8) is 0 Å². The third kappa shape index (κ3) is 6.33. The van der Waals surface area contributed by atoms with E-state index in [1.165, 1.54) is 0 Å². The zero-order valence-electron chi connectivity index (χ0n) is 20.7. The largest absolute Gasteiger partial charge is 0.507 e. The number of phenols is 1. The van der Waals surface area contributed by atoms with E-state index < -0.39 is 6.10 Å². The predicted octanol–water partition coefficient (Wildman–Crippen LogP) is 6.75. The summed E-state index contributed by atoms with van der Waals surface area (Å²) in [6.07, 6.45) is 1.58. The molecule has 0 aromatic heterocycles. The van der Waals surface area contributed by atoms with Gasteiger partial charge >= 0.3 is 0 Å². The van der Waals surface area contributed by atoms with Crippen molar-refractivity contribution in [2.75, 3.05) is 0 Å². The van der Waals surface area contributed by atoms with E-state index in [1.54, 1.807) is 6.21 Å². The second kappa shape index (κ2) is 9.93. The Balaban J connectivity index is 2.05. The summed E-state index contributed by atoms with van der Waals surface area (Å²) < 4.78 is 0. The summed E-state index contributed by atoms with van der Waals surface area (Å²) >= 11 is 0. The number of aliphatic hydroxyl groups is 1. The number of aliphatic imine (C=N–C) groups is 1. The lowest BCUT2D eigenvalue weighted by molar-refractivity contribution is 0.147. The number of nitrogens with zero attached hydrogens (tertiary/aromatic N) is 1. The first-order valence-electron chi connectivity index (χ1n) is 11.6. The second-order valence-electron chi connectivity index (χ2n) is 10.9. The van der Waals surface area contributed by atoms with Gasteiger partial charge in [0.25, 0.3) is 0 Å². The van der Waals surface area contributed by atoms with Crippen molar-refractivity contribution in [1.29, 1.82) is 0 Å². The van der Waals surface area contributed by atoms with E-state index in [-0.39, 0.29) is 22.6 Å². The van der Waals surface area contributed by atoms with Crippen LogP contribution in [0.3, 0.4) is 0 Å². The van der Waals surface area contributed by atoms with E-state index in [2.05, 4.69) is 59.7 Å². The fourth-order valence-corrected chi connectivity index (χ4v) is 3.91. The van der Waals surface area contributed by atoms with Crippen molar-refractivity contribution < 1.29 is 10.2 Å². The Bertz CT molecular complexity index is 1070. The van der Waals surface area contributed by atoms with Gasteiger partial charge in [-0.25, -0.2) is 0 Å². The first kappa shape index (κ1) is 24.7. The van der Waals surface area contributed by atoms with Crippen LogP contribution in [0.15, 0.2) is 77.8 Å². The highest BCUT2D eigenvalue weighted by Gasteiger charge is 2.25. The van der Waals surface area contributed by atoms with E-state index >= 15 is 0 Å². The van der Waals surface area contributed by atoms with Gasteiger partial charge in [0.05, 0.1) is 6.04 Å². The lowest BCUT2D eigenvalue weighted by atomic mass is 9.79. The van der Waals surface area contributed by atoms with Gasteiger partial charge in [0, 0.05) is 17.3 Å². The van der Waals surface area contributed by atoms with Crippen LogP contribution in [0.25, 0.3) is 0 Å². The quantitative estimate of drug-likeness (QED) is 0.414. The monoisotopic (exact) mass is 443 g/mol. The Kier molecular flexibility index (Phi) is 7.44. The summed E-state index contributed by atoms with van der Waals surface area (Å²) in [6.45, 7) is 12.8. The molecular weight excluding hydrogens is 406 g/mol. The van der Waals surface area contributed by atoms with E-state index in [4.69, 9.17) is 4.99 Å². The van der Waals surface area contributed by atoms with Crippen LogP contribution in [0.4, 0.5) is 0 Å². The molecule has 0 fully saturated rings. The molecule has 2 atom stereocenters. The maximum Gasteiger partial charge on any atom is 0.128 e. The molecule has 3 nitrogen and oxygen atoms in total. The fraction of sp³-hybridized carbons (Fsp3) is 0.367. The average molecular weight is 444 g/mol. The van der Waals surface area contributed by atoms with Gasteiger partial charge in [-0.2, -0.15) is 0 Å². The Hall–Kier alpha value is -2.91. The van der Waals surface area contributed by atoms with Gasteiger partial charge < -0.3 is 10.2 Å². The Labute approximate surface area is 198 Å². The molecule has 3 rings (SSSR count). The highest BCUT2D eigenvalue weighted by molar-refractivity contribution is 5.85. The number of benzene rings is 3. The minimum atomic E-state index is -0.752. The van der Waals surface area contributed by atoms with Crippen LogP contribution < -0.4 is 0 Å². The third-order valence-electron chi connectivity index (χ3n) is 6.01. The summed E-state index contributed by atoms with van der Waals surface area (Å²) in [5.41, 5.74) is 4.40. The van der Waals surface area contributed by atoms with Gasteiger partial charge in [0.15, 0.2) is 0 Å². The number of hydrogen-bond donors (Lipinski definition) is 2. The summed E-state index contributed by atoms with van der Waals surface area (Å²) in [5, 5.41) is 22.3. The molecule has 0 aliphatic rings. The minimum Gasteiger partial charge on any atom is -0.507 e. The van der Waals surface area contributed by atoms with Crippen LogP contribution in [0.2, 0.25) is 0 Å². The molecule has 0 unspecified atom stereocenters. The fourth-order valence-electron chi connectivity index (χ4n) is 3.91. The summed E-state index contributed by atoms with van der Waals surface area (Å²) in [7, 11) is 0. The molecule has 3 heteroatoms. The highest BCUT2D eigenvalue weighted by Crippen LogP contribution is 2.37. The van der Waals surface area contributed by atoms with Crippen molar-refractivity contribution in [3.05, 3.63) is 101 Å². The van der Waals surface area contributed by atoms with Crippen molar-refractivity contribution >= 4 is 6.21 Å². The number of aromatic hydroxyl groups is 1. The number of rotatable bonds is 6. The highest BCUT2D eigenvalue weighted by atomic mass is 16.3. The molecular formula is C30H37NO2. The van der Waals surface area contributed by atoms with E-state index in [0.29, 0.717) is 12.0 Å². The second-order valence-corrected chi connectivity index (χ2v) is 10.9. The van der Waals surface area contributed by atoms with Crippen molar-refractivity contribution in [3.8, 4) is 5.75 Å². The Morgan fingerprint density at radius 3 is 1.94 bits per heavy atom. The summed E-state index contributed by atoms with van der Waals surface area (Å²) in [4.78, 5) is 4.84. The summed E-state index contributed by atoms with van der Waals surface area (Å²) in [6, 6.07) is 23.5. The Morgan fingerprint density at radius 1 is 0.818 bits per heavy atom. The molecule has 3 aromatic carbocycles. The van der Waals surface area contributed by atoms with Crippen LogP contribution in [0.5, 0.6) is 5.75 Å². The summed E-state index contributed by atoms with van der Waals surface area (Å²) in [5.74, 6) is 0.256. The molecule has 0 amide bonds. The molecule has 3 aromatic rings. The first-order valence-corrected chi connectivity index (χ1v) is 11.6. The molecule has 2 N–H and O–H groups in total. The van der Waals surface area contributed by atoms with E-state index in [1.807, 2.05) is 54.6 Å². The molecule has 0 heterocycles. The van der Waals surface area contributed by atoms with Gasteiger partial charge in [0.1, 0.15) is 11.9 Å². The Morgan fingerprint density at radius 2 is 1.39 bits per heavy atom. The zero-order chi connectivity index (χ0) is 24.2. The van der Waals surface area contributed by atoms with Gasteiger partial charge in [-0.1, -0.05) is 108 Å². The van der Waals surface area contributed by atoms with Crippen molar-refractivity contribution in [2.45, 2.75) is 70.9 Å². The van der Waals surface area contributed by atoms with Gasteiger partial charge in [-0.15, -0.1) is 0 Å². The normalized spacial score (nSPS) is 14.4. The predicted molar refractivity (Wildman–Crippen MR) is 138 cm³/mol. The topological polar surface area (TPSA) is 52.8 Å². The standard InChI is InChI=1S/C30H37NO2/c1-29(2,3)24-18-23(27(32)25(19-24)30(4,5)6)20-31-26(17-21-13-9-7-10-14-21)28(33)22-15-11-8-12-16-22/h7-16,18-20,26,28,32-33H,17H2,1-6H3/t26-,28+/m0/s1. The lowest BCUT2D eigenvalue weighted by Crippen LogP contribution is -2.20. The van der Waals surface area contributed by atoms with Crippen molar-refractivity contribution in [2.24, 2.45) is 4.99 Å². The van der Waals surface area contributed by atoms with Gasteiger partial charge in [0.2, 0.25) is 0 Å². The van der Waals surface area contributed by atoms with Crippen LogP contribution in [-0.4, -0.2) is 22.5 Å². The third-order valence-corrected chi connectivity index (χ3v) is 6.01. The van der Waals surface area contributed by atoms with E-state index in [9.17, 15) is 10.2 Å². The van der Waals surface area contributed by atoms with Crippen LogP contribution in [0.1, 0.15) is 75.5 Å². The molecule has 0 radical (unpaired) electrons. The molecule has 0 aliphatic heterocycles. The molecule has 33 heavy (non-hydrogen) atoms. The SMILES string of the molecule is CC(C)(C)c1cc(C=N[C@@H](Cc2ccccc2)[C@H](O)c2ccccc2)c(O)c(C(C)(C)C)c1. The molecule has 0 bridgehead atoms. The minimum absolute atomic E-state index is 0.0662. The molecule has 0 saturated carbocycles. The maximum absolute atomic E-state index is 11.2. The first-order chi connectivity index (χ1) is 15.5. The molecule has 174 valence electrons. The number of hydrogen-bond acceptors (Lipinski definition) is 3. The van der Waals surface area contributed by atoms with Gasteiger partial charge in [-0.3, -0.25) is 4.99 Å². The van der Waals surface area contributed by atoms with Crippen molar-refractivity contribution in [1.82, 2.24) is 0 Å². The molecule has 0 aliphatic carbocycles.